The summed E-state index contributed by atoms with van der Waals surface area (Å²) in [6.45, 7) is 10.5. The molecule has 1 aromatic rings. The van der Waals surface area contributed by atoms with E-state index in [-0.39, 0.29) is 6.10 Å². The Labute approximate surface area is 148 Å². The fourth-order valence-electron chi connectivity index (χ4n) is 4.20. The molecule has 0 aromatic heterocycles. The topological polar surface area (TPSA) is 15.7 Å². The molecular formula is C21H34N2O. The lowest BCUT2D eigenvalue weighted by Gasteiger charge is -2.30. The van der Waals surface area contributed by atoms with Crippen LogP contribution in [0.5, 0.6) is 0 Å². The summed E-state index contributed by atoms with van der Waals surface area (Å²) in [6, 6.07) is 11.3. The second kappa shape index (κ2) is 8.98. The Morgan fingerprint density at radius 3 is 2.50 bits per heavy atom. The molecule has 2 saturated heterocycles. The largest absolute Gasteiger partial charge is 0.357 e. The number of piperidine rings is 1. The third kappa shape index (κ3) is 4.81. The summed E-state index contributed by atoms with van der Waals surface area (Å²) in [6.07, 6.45) is 6.91. The van der Waals surface area contributed by atoms with Gasteiger partial charge in [0.05, 0.1) is 6.10 Å². The zero-order valence-electron chi connectivity index (χ0n) is 15.5. The highest BCUT2D eigenvalue weighted by molar-refractivity contribution is 5.20. The first-order valence-electron chi connectivity index (χ1n) is 9.87. The summed E-state index contributed by atoms with van der Waals surface area (Å²) in [5, 5.41) is 0. The van der Waals surface area contributed by atoms with Gasteiger partial charge in [0.2, 0.25) is 0 Å². The molecule has 0 N–H and O–H groups in total. The Bertz CT molecular complexity index is 470. The van der Waals surface area contributed by atoms with Gasteiger partial charge in [0, 0.05) is 12.6 Å². The van der Waals surface area contributed by atoms with E-state index >= 15 is 0 Å². The van der Waals surface area contributed by atoms with E-state index in [4.69, 9.17) is 4.74 Å². The summed E-state index contributed by atoms with van der Waals surface area (Å²) in [7, 11) is 0. The molecule has 134 valence electrons. The summed E-state index contributed by atoms with van der Waals surface area (Å²) in [5.74, 6) is 0.701. The Hall–Kier alpha value is -0.900. The quantitative estimate of drug-likeness (QED) is 0.741. The molecule has 0 spiro atoms. The van der Waals surface area contributed by atoms with Crippen LogP contribution in [0.2, 0.25) is 0 Å². The number of likely N-dealkylation sites (tertiary alicyclic amines) is 1. The molecule has 24 heavy (non-hydrogen) atoms. The molecule has 3 nitrogen and oxygen atoms in total. The molecule has 2 atom stereocenters. The van der Waals surface area contributed by atoms with Crippen molar-refractivity contribution < 1.29 is 4.74 Å². The molecular weight excluding hydrogens is 296 g/mol. The molecule has 0 amide bonds. The van der Waals surface area contributed by atoms with Crippen LogP contribution in [0.25, 0.3) is 0 Å². The predicted octanol–water partition coefficient (Wildman–Crippen LogP) is 4.31. The van der Waals surface area contributed by atoms with Crippen molar-refractivity contribution in [3.05, 3.63) is 35.9 Å². The minimum Gasteiger partial charge on any atom is -0.357 e. The van der Waals surface area contributed by atoms with Gasteiger partial charge < -0.3 is 9.64 Å². The zero-order chi connectivity index (χ0) is 16.8. The molecule has 2 aliphatic rings. The van der Waals surface area contributed by atoms with Gasteiger partial charge in [0.15, 0.2) is 0 Å². The van der Waals surface area contributed by atoms with Gasteiger partial charge in [-0.25, -0.2) is 0 Å². The fraction of sp³-hybridized carbons (Fsp3) is 0.714. The van der Waals surface area contributed by atoms with Crippen LogP contribution in [0, 0.1) is 5.92 Å². The number of hydrogen-bond donors (Lipinski definition) is 0. The van der Waals surface area contributed by atoms with Crippen LogP contribution in [0.15, 0.2) is 30.3 Å². The van der Waals surface area contributed by atoms with Crippen molar-refractivity contribution >= 4 is 0 Å². The van der Waals surface area contributed by atoms with Crippen molar-refractivity contribution in [1.82, 2.24) is 9.80 Å². The van der Waals surface area contributed by atoms with Gasteiger partial charge in [-0.15, -0.1) is 0 Å². The standard InChI is InChI=1S/C21H34N2O/c1-18(2)16-20-21(19-10-5-3-6-11-19)24-17-23(20)15-9-14-22-12-7-4-8-13-22/h3,5-6,10-11,18,20-21H,4,7-9,12-17H2,1-2H3/t20-,21+/m1/s1. The van der Waals surface area contributed by atoms with Crippen molar-refractivity contribution in [2.75, 3.05) is 32.9 Å². The van der Waals surface area contributed by atoms with Gasteiger partial charge in [0.1, 0.15) is 6.73 Å². The van der Waals surface area contributed by atoms with Crippen LogP contribution in [-0.2, 0) is 4.74 Å². The van der Waals surface area contributed by atoms with Crippen molar-refractivity contribution in [2.45, 2.75) is 58.1 Å². The number of nitrogens with zero attached hydrogens (tertiary/aromatic N) is 2. The lowest BCUT2D eigenvalue weighted by atomic mass is 9.94. The Morgan fingerprint density at radius 2 is 1.79 bits per heavy atom. The molecule has 0 radical (unpaired) electrons. The highest BCUT2D eigenvalue weighted by Crippen LogP contribution is 2.34. The molecule has 0 aliphatic carbocycles. The number of hydrogen-bond acceptors (Lipinski definition) is 3. The average Bonchev–Trinajstić information content (AvgIpc) is 2.99. The minimum atomic E-state index is 0.239. The Morgan fingerprint density at radius 1 is 1.04 bits per heavy atom. The van der Waals surface area contributed by atoms with E-state index < -0.39 is 0 Å². The van der Waals surface area contributed by atoms with E-state index in [9.17, 15) is 0 Å². The molecule has 2 aliphatic heterocycles. The van der Waals surface area contributed by atoms with Gasteiger partial charge in [-0.1, -0.05) is 50.6 Å². The highest BCUT2D eigenvalue weighted by Gasteiger charge is 2.35. The van der Waals surface area contributed by atoms with Crippen molar-refractivity contribution in [1.29, 1.82) is 0 Å². The minimum absolute atomic E-state index is 0.239. The molecule has 3 heteroatoms. The third-order valence-electron chi connectivity index (χ3n) is 5.45. The third-order valence-corrected chi connectivity index (χ3v) is 5.45. The maximum atomic E-state index is 6.22. The predicted molar refractivity (Wildman–Crippen MR) is 100.0 cm³/mol. The summed E-state index contributed by atoms with van der Waals surface area (Å²) < 4.78 is 6.22. The lowest BCUT2D eigenvalue weighted by Crippen LogP contribution is -2.37. The van der Waals surface area contributed by atoms with Gasteiger partial charge in [0.25, 0.3) is 0 Å². The molecule has 0 bridgehead atoms. The fourth-order valence-corrected chi connectivity index (χ4v) is 4.20. The first-order chi connectivity index (χ1) is 11.7. The normalized spacial score (nSPS) is 26.3. The lowest BCUT2D eigenvalue weighted by molar-refractivity contribution is 0.0869. The zero-order valence-corrected chi connectivity index (χ0v) is 15.5. The molecule has 0 unspecified atom stereocenters. The van der Waals surface area contributed by atoms with Crippen LogP contribution in [0.4, 0.5) is 0 Å². The van der Waals surface area contributed by atoms with Crippen LogP contribution in [0.1, 0.15) is 57.6 Å². The second-order valence-electron chi connectivity index (χ2n) is 7.89. The number of rotatable bonds is 7. The van der Waals surface area contributed by atoms with E-state index in [1.165, 1.54) is 57.3 Å². The Balaban J connectivity index is 1.55. The molecule has 3 rings (SSSR count). The maximum Gasteiger partial charge on any atom is 0.100 e. The van der Waals surface area contributed by atoms with Crippen LogP contribution in [-0.4, -0.2) is 48.8 Å². The summed E-state index contributed by atoms with van der Waals surface area (Å²) in [4.78, 5) is 5.23. The molecule has 2 fully saturated rings. The molecule has 2 heterocycles. The van der Waals surface area contributed by atoms with E-state index in [1.807, 2.05) is 0 Å². The van der Waals surface area contributed by atoms with E-state index in [0.717, 1.165) is 13.3 Å². The van der Waals surface area contributed by atoms with Crippen molar-refractivity contribution in [3.63, 3.8) is 0 Å². The van der Waals surface area contributed by atoms with Crippen molar-refractivity contribution in [3.8, 4) is 0 Å². The van der Waals surface area contributed by atoms with Gasteiger partial charge in [-0.3, -0.25) is 4.90 Å². The summed E-state index contributed by atoms with van der Waals surface area (Å²) in [5.41, 5.74) is 1.33. The van der Waals surface area contributed by atoms with E-state index in [0.29, 0.717) is 12.0 Å². The van der Waals surface area contributed by atoms with Crippen molar-refractivity contribution in [2.24, 2.45) is 5.92 Å². The van der Waals surface area contributed by atoms with Crippen LogP contribution in [0.3, 0.4) is 0 Å². The highest BCUT2D eigenvalue weighted by atomic mass is 16.5. The average molecular weight is 331 g/mol. The smallest absolute Gasteiger partial charge is 0.100 e. The molecule has 0 saturated carbocycles. The summed E-state index contributed by atoms with van der Waals surface area (Å²) >= 11 is 0. The van der Waals surface area contributed by atoms with Crippen LogP contribution < -0.4 is 0 Å². The maximum absolute atomic E-state index is 6.22. The number of benzene rings is 1. The van der Waals surface area contributed by atoms with E-state index in [2.05, 4.69) is 54.0 Å². The van der Waals surface area contributed by atoms with E-state index in [1.54, 1.807) is 0 Å². The first-order valence-corrected chi connectivity index (χ1v) is 9.87. The van der Waals surface area contributed by atoms with Crippen LogP contribution >= 0.6 is 0 Å². The monoisotopic (exact) mass is 330 g/mol. The van der Waals surface area contributed by atoms with Gasteiger partial charge in [-0.05, 0) is 56.8 Å². The second-order valence-corrected chi connectivity index (χ2v) is 7.89. The SMILES string of the molecule is CC(C)C[C@@H]1[C@H](c2ccccc2)OCN1CCCN1CCCCC1. The molecule has 1 aromatic carbocycles. The van der Waals surface area contributed by atoms with Gasteiger partial charge in [-0.2, -0.15) is 0 Å². The number of ether oxygens (including phenoxy) is 1. The Kier molecular flexibility index (Phi) is 6.70. The van der Waals surface area contributed by atoms with Gasteiger partial charge >= 0.3 is 0 Å². The first kappa shape index (κ1) is 17.9.